The SMILES string of the molecule is Cc1ccc(N)cc1C(=O)N1CCCN(c2ccccc2)CC1. The summed E-state index contributed by atoms with van der Waals surface area (Å²) < 4.78 is 0. The minimum atomic E-state index is 0.0877. The van der Waals surface area contributed by atoms with Crippen molar-refractivity contribution in [2.75, 3.05) is 36.8 Å². The molecule has 0 spiro atoms. The topological polar surface area (TPSA) is 49.6 Å². The van der Waals surface area contributed by atoms with Crippen molar-refractivity contribution in [2.45, 2.75) is 13.3 Å². The van der Waals surface area contributed by atoms with Crippen molar-refractivity contribution in [3.63, 3.8) is 0 Å². The Morgan fingerprint density at radius 2 is 1.78 bits per heavy atom. The van der Waals surface area contributed by atoms with Gasteiger partial charge < -0.3 is 15.5 Å². The number of amides is 1. The van der Waals surface area contributed by atoms with Crippen LogP contribution in [-0.4, -0.2) is 37.0 Å². The van der Waals surface area contributed by atoms with Crippen molar-refractivity contribution >= 4 is 17.3 Å². The van der Waals surface area contributed by atoms with Gasteiger partial charge in [0.05, 0.1) is 0 Å². The van der Waals surface area contributed by atoms with Gasteiger partial charge in [0, 0.05) is 43.1 Å². The standard InChI is InChI=1S/C19H23N3O/c1-15-8-9-16(20)14-18(15)19(23)22-11-5-10-21(12-13-22)17-6-3-2-4-7-17/h2-4,6-9,14H,5,10-13,20H2,1H3. The fourth-order valence-corrected chi connectivity index (χ4v) is 3.06. The molecule has 0 atom stereocenters. The molecule has 0 saturated carbocycles. The van der Waals surface area contributed by atoms with Gasteiger partial charge in [0.1, 0.15) is 0 Å². The van der Waals surface area contributed by atoms with E-state index in [1.807, 2.05) is 30.0 Å². The Kier molecular flexibility index (Phi) is 4.51. The Morgan fingerprint density at radius 1 is 1.00 bits per heavy atom. The van der Waals surface area contributed by atoms with Gasteiger partial charge in [0.2, 0.25) is 0 Å². The van der Waals surface area contributed by atoms with Crippen LogP contribution < -0.4 is 10.6 Å². The molecule has 2 N–H and O–H groups in total. The zero-order chi connectivity index (χ0) is 16.2. The van der Waals surface area contributed by atoms with Gasteiger partial charge >= 0.3 is 0 Å². The summed E-state index contributed by atoms with van der Waals surface area (Å²) in [6, 6.07) is 15.9. The van der Waals surface area contributed by atoms with Gasteiger partial charge in [-0.2, -0.15) is 0 Å². The second kappa shape index (κ2) is 6.73. The molecule has 1 fully saturated rings. The first-order valence-electron chi connectivity index (χ1n) is 8.10. The number of benzene rings is 2. The molecule has 120 valence electrons. The van der Waals surface area contributed by atoms with Crippen molar-refractivity contribution in [1.82, 2.24) is 4.90 Å². The zero-order valence-electron chi connectivity index (χ0n) is 13.5. The molecule has 4 heteroatoms. The van der Waals surface area contributed by atoms with Crippen LogP contribution in [0.15, 0.2) is 48.5 Å². The van der Waals surface area contributed by atoms with Gasteiger partial charge in [0.25, 0.3) is 5.91 Å². The summed E-state index contributed by atoms with van der Waals surface area (Å²) in [4.78, 5) is 17.1. The van der Waals surface area contributed by atoms with Gasteiger partial charge in [-0.15, -0.1) is 0 Å². The molecule has 0 aliphatic carbocycles. The average Bonchev–Trinajstić information content (AvgIpc) is 2.83. The van der Waals surface area contributed by atoms with Crippen molar-refractivity contribution in [3.8, 4) is 0 Å². The first-order chi connectivity index (χ1) is 11.1. The molecule has 1 aliphatic heterocycles. The van der Waals surface area contributed by atoms with Crippen molar-refractivity contribution in [1.29, 1.82) is 0 Å². The van der Waals surface area contributed by atoms with E-state index in [0.717, 1.165) is 43.7 Å². The highest BCUT2D eigenvalue weighted by Crippen LogP contribution is 2.19. The maximum atomic E-state index is 12.8. The van der Waals surface area contributed by atoms with Crippen LogP contribution in [0.2, 0.25) is 0 Å². The third-order valence-corrected chi connectivity index (χ3v) is 4.40. The summed E-state index contributed by atoms with van der Waals surface area (Å²) in [7, 11) is 0. The van der Waals surface area contributed by atoms with Crippen LogP contribution >= 0.6 is 0 Å². The maximum Gasteiger partial charge on any atom is 0.254 e. The number of hydrogen-bond donors (Lipinski definition) is 1. The molecule has 2 aromatic carbocycles. The number of nitrogen functional groups attached to an aromatic ring is 1. The first-order valence-corrected chi connectivity index (χ1v) is 8.10. The predicted octanol–water partition coefficient (Wildman–Crippen LogP) is 2.93. The van der Waals surface area contributed by atoms with E-state index >= 15 is 0 Å². The number of hydrogen-bond acceptors (Lipinski definition) is 3. The van der Waals surface area contributed by atoms with E-state index in [1.54, 1.807) is 6.07 Å². The van der Waals surface area contributed by atoms with Crippen LogP contribution in [0.3, 0.4) is 0 Å². The third kappa shape index (κ3) is 3.47. The first kappa shape index (κ1) is 15.4. The molecule has 0 aromatic heterocycles. The molecule has 1 amide bonds. The Bertz CT molecular complexity index is 684. The molecule has 1 saturated heterocycles. The smallest absolute Gasteiger partial charge is 0.254 e. The Hall–Kier alpha value is -2.49. The van der Waals surface area contributed by atoms with Crippen molar-refractivity contribution in [2.24, 2.45) is 0 Å². The van der Waals surface area contributed by atoms with Gasteiger partial charge in [-0.05, 0) is 43.2 Å². The quantitative estimate of drug-likeness (QED) is 0.868. The molecule has 4 nitrogen and oxygen atoms in total. The normalized spacial score (nSPS) is 15.3. The Balaban J connectivity index is 1.73. The van der Waals surface area contributed by atoms with Crippen LogP contribution in [0.4, 0.5) is 11.4 Å². The van der Waals surface area contributed by atoms with E-state index in [9.17, 15) is 4.79 Å². The number of para-hydroxylation sites is 1. The van der Waals surface area contributed by atoms with Gasteiger partial charge in [-0.1, -0.05) is 24.3 Å². The van der Waals surface area contributed by atoms with Crippen LogP contribution in [0.25, 0.3) is 0 Å². The molecular weight excluding hydrogens is 286 g/mol. The number of aryl methyl sites for hydroxylation is 1. The van der Waals surface area contributed by atoms with Crippen molar-refractivity contribution in [3.05, 3.63) is 59.7 Å². The minimum Gasteiger partial charge on any atom is -0.399 e. The lowest BCUT2D eigenvalue weighted by atomic mass is 10.1. The van der Waals surface area contributed by atoms with Crippen LogP contribution in [0, 0.1) is 6.92 Å². The average molecular weight is 309 g/mol. The monoisotopic (exact) mass is 309 g/mol. The summed E-state index contributed by atoms with van der Waals surface area (Å²) in [5.41, 5.74) is 9.41. The zero-order valence-corrected chi connectivity index (χ0v) is 13.5. The van der Waals surface area contributed by atoms with E-state index in [4.69, 9.17) is 5.73 Å². The van der Waals surface area contributed by atoms with E-state index in [-0.39, 0.29) is 5.91 Å². The molecule has 1 heterocycles. The predicted molar refractivity (Wildman–Crippen MR) is 94.8 cm³/mol. The second-order valence-corrected chi connectivity index (χ2v) is 6.04. The fourth-order valence-electron chi connectivity index (χ4n) is 3.06. The molecular formula is C19H23N3O. The second-order valence-electron chi connectivity index (χ2n) is 6.04. The summed E-state index contributed by atoms with van der Waals surface area (Å²) in [5.74, 6) is 0.0877. The number of carbonyl (C=O) groups is 1. The fraction of sp³-hybridized carbons (Fsp3) is 0.316. The summed E-state index contributed by atoms with van der Waals surface area (Å²) in [6.07, 6.45) is 0.974. The van der Waals surface area contributed by atoms with Crippen LogP contribution in [0.1, 0.15) is 22.3 Å². The van der Waals surface area contributed by atoms with E-state index in [1.165, 1.54) is 5.69 Å². The van der Waals surface area contributed by atoms with Gasteiger partial charge in [-0.25, -0.2) is 0 Å². The largest absolute Gasteiger partial charge is 0.399 e. The van der Waals surface area contributed by atoms with Gasteiger partial charge in [0.15, 0.2) is 0 Å². The summed E-state index contributed by atoms with van der Waals surface area (Å²) >= 11 is 0. The summed E-state index contributed by atoms with van der Waals surface area (Å²) in [5, 5.41) is 0. The number of nitrogens with two attached hydrogens (primary N) is 1. The summed E-state index contributed by atoms with van der Waals surface area (Å²) in [6.45, 7) is 5.32. The lowest BCUT2D eigenvalue weighted by molar-refractivity contribution is 0.0766. The van der Waals surface area contributed by atoms with E-state index in [0.29, 0.717) is 5.69 Å². The van der Waals surface area contributed by atoms with E-state index in [2.05, 4.69) is 29.2 Å². The van der Waals surface area contributed by atoms with Crippen LogP contribution in [0.5, 0.6) is 0 Å². The van der Waals surface area contributed by atoms with Crippen LogP contribution in [-0.2, 0) is 0 Å². The highest BCUT2D eigenvalue weighted by molar-refractivity contribution is 5.96. The van der Waals surface area contributed by atoms with Gasteiger partial charge in [-0.3, -0.25) is 4.79 Å². The molecule has 0 unspecified atom stereocenters. The Morgan fingerprint density at radius 3 is 2.57 bits per heavy atom. The molecule has 3 rings (SSSR count). The highest BCUT2D eigenvalue weighted by Gasteiger charge is 2.21. The lowest BCUT2D eigenvalue weighted by Gasteiger charge is -2.24. The Labute approximate surface area is 137 Å². The number of rotatable bonds is 2. The maximum absolute atomic E-state index is 12.8. The number of carbonyl (C=O) groups excluding carboxylic acids is 1. The van der Waals surface area contributed by atoms with E-state index < -0.39 is 0 Å². The van der Waals surface area contributed by atoms with Crippen molar-refractivity contribution < 1.29 is 4.79 Å². The third-order valence-electron chi connectivity index (χ3n) is 4.40. The highest BCUT2D eigenvalue weighted by atomic mass is 16.2. The molecule has 0 bridgehead atoms. The number of nitrogens with zero attached hydrogens (tertiary/aromatic N) is 2. The molecule has 23 heavy (non-hydrogen) atoms. The minimum absolute atomic E-state index is 0.0877. The molecule has 2 aromatic rings. The lowest BCUT2D eigenvalue weighted by Crippen LogP contribution is -2.35. The molecule has 1 aliphatic rings. The molecule has 0 radical (unpaired) electrons. The number of anilines is 2.